The Kier molecular flexibility index (Phi) is 2.67. The lowest BCUT2D eigenvalue weighted by Crippen LogP contribution is -2.37. The van der Waals surface area contributed by atoms with Gasteiger partial charge in [-0.2, -0.15) is 0 Å². The summed E-state index contributed by atoms with van der Waals surface area (Å²) in [5.74, 6) is 2.48. The van der Waals surface area contributed by atoms with Crippen molar-refractivity contribution in [3.05, 3.63) is 12.2 Å². The topological polar surface area (TPSA) is 32.3 Å². The van der Waals surface area contributed by atoms with E-state index in [1.807, 2.05) is 13.8 Å². The van der Waals surface area contributed by atoms with Gasteiger partial charge in [-0.05, 0) is 51.0 Å². The fourth-order valence-electron chi connectivity index (χ4n) is 2.69. The molecule has 3 atom stereocenters. The lowest BCUT2D eigenvalue weighted by molar-refractivity contribution is 0.0783. The SMILES string of the molecule is CC(C)(O)CNC[C@H]1C[C@H]2C=C[C@H]1C2. The normalized spacial score (nSPS) is 35.5. The van der Waals surface area contributed by atoms with Crippen molar-refractivity contribution >= 4 is 0 Å². The summed E-state index contributed by atoms with van der Waals surface area (Å²) in [6, 6.07) is 0. The Morgan fingerprint density at radius 2 is 2.14 bits per heavy atom. The van der Waals surface area contributed by atoms with E-state index in [9.17, 15) is 5.11 Å². The summed E-state index contributed by atoms with van der Waals surface area (Å²) in [6.07, 6.45) is 7.47. The average molecular weight is 195 g/mol. The van der Waals surface area contributed by atoms with Gasteiger partial charge in [0.25, 0.3) is 0 Å². The first kappa shape index (κ1) is 10.2. The molecule has 14 heavy (non-hydrogen) atoms. The molecule has 0 heterocycles. The van der Waals surface area contributed by atoms with E-state index in [2.05, 4.69) is 17.5 Å². The number of rotatable bonds is 4. The molecule has 0 aromatic rings. The maximum absolute atomic E-state index is 9.55. The van der Waals surface area contributed by atoms with Gasteiger partial charge >= 0.3 is 0 Å². The largest absolute Gasteiger partial charge is 0.389 e. The van der Waals surface area contributed by atoms with Crippen LogP contribution in [0.1, 0.15) is 26.7 Å². The molecule has 1 fully saturated rings. The lowest BCUT2D eigenvalue weighted by atomic mass is 9.93. The van der Waals surface area contributed by atoms with E-state index in [0.29, 0.717) is 6.54 Å². The van der Waals surface area contributed by atoms with Crippen molar-refractivity contribution in [3.63, 3.8) is 0 Å². The van der Waals surface area contributed by atoms with Gasteiger partial charge in [0, 0.05) is 6.54 Å². The summed E-state index contributed by atoms with van der Waals surface area (Å²) in [4.78, 5) is 0. The molecule has 80 valence electrons. The van der Waals surface area contributed by atoms with E-state index < -0.39 is 5.60 Å². The maximum atomic E-state index is 9.55. The Morgan fingerprint density at radius 3 is 2.64 bits per heavy atom. The van der Waals surface area contributed by atoms with Crippen molar-refractivity contribution in [1.82, 2.24) is 5.32 Å². The van der Waals surface area contributed by atoms with E-state index in [0.717, 1.165) is 24.3 Å². The van der Waals surface area contributed by atoms with Crippen LogP contribution in [0.5, 0.6) is 0 Å². The molecule has 0 radical (unpaired) electrons. The molecule has 2 aliphatic carbocycles. The van der Waals surface area contributed by atoms with Gasteiger partial charge in [-0.15, -0.1) is 0 Å². The highest BCUT2D eigenvalue weighted by molar-refractivity contribution is 5.10. The molecule has 0 spiro atoms. The number of allylic oxidation sites excluding steroid dienone is 2. The quantitative estimate of drug-likeness (QED) is 0.667. The number of fused-ring (bicyclic) bond motifs is 2. The van der Waals surface area contributed by atoms with Crippen LogP contribution in [0.15, 0.2) is 12.2 Å². The minimum Gasteiger partial charge on any atom is -0.389 e. The summed E-state index contributed by atoms with van der Waals surface area (Å²) >= 11 is 0. The number of nitrogens with one attached hydrogen (secondary N) is 1. The zero-order chi connectivity index (χ0) is 10.2. The zero-order valence-corrected chi connectivity index (χ0v) is 9.16. The molecule has 2 rings (SSSR count). The lowest BCUT2D eigenvalue weighted by Gasteiger charge is -2.22. The summed E-state index contributed by atoms with van der Waals surface area (Å²) in [5.41, 5.74) is -0.576. The van der Waals surface area contributed by atoms with Crippen LogP contribution in [0.4, 0.5) is 0 Å². The molecular weight excluding hydrogens is 174 g/mol. The average Bonchev–Trinajstić information content (AvgIpc) is 2.62. The Hall–Kier alpha value is -0.340. The van der Waals surface area contributed by atoms with Gasteiger partial charge in [-0.3, -0.25) is 0 Å². The highest BCUT2D eigenvalue weighted by atomic mass is 16.3. The molecule has 0 amide bonds. The van der Waals surface area contributed by atoms with E-state index in [-0.39, 0.29) is 0 Å². The molecule has 0 aromatic heterocycles. The Labute approximate surface area is 86.4 Å². The van der Waals surface area contributed by atoms with E-state index >= 15 is 0 Å². The van der Waals surface area contributed by atoms with Crippen molar-refractivity contribution in [3.8, 4) is 0 Å². The first-order valence-corrected chi connectivity index (χ1v) is 5.66. The molecule has 0 aromatic carbocycles. The fourth-order valence-corrected chi connectivity index (χ4v) is 2.69. The number of hydrogen-bond acceptors (Lipinski definition) is 2. The van der Waals surface area contributed by atoms with Crippen molar-refractivity contribution in [1.29, 1.82) is 0 Å². The van der Waals surface area contributed by atoms with Crippen molar-refractivity contribution in [2.75, 3.05) is 13.1 Å². The third-order valence-electron chi connectivity index (χ3n) is 3.38. The Balaban J connectivity index is 1.70. The standard InChI is InChI=1S/C12H21NO/c1-12(2,14)8-13-7-11-6-9-3-4-10(11)5-9/h3-4,9-11,13-14H,5-8H2,1-2H3/t9-,10-,11+/m0/s1. The predicted molar refractivity (Wildman–Crippen MR) is 58.0 cm³/mol. The second kappa shape index (κ2) is 3.67. The maximum Gasteiger partial charge on any atom is 0.0715 e. The molecular formula is C12H21NO. The van der Waals surface area contributed by atoms with Crippen LogP contribution < -0.4 is 5.32 Å². The van der Waals surface area contributed by atoms with E-state index in [4.69, 9.17) is 0 Å². The van der Waals surface area contributed by atoms with Gasteiger partial charge in [-0.1, -0.05) is 12.2 Å². The van der Waals surface area contributed by atoms with Gasteiger partial charge in [0.15, 0.2) is 0 Å². The van der Waals surface area contributed by atoms with E-state index in [1.165, 1.54) is 12.8 Å². The third-order valence-corrected chi connectivity index (χ3v) is 3.38. The van der Waals surface area contributed by atoms with Crippen LogP contribution in [0.3, 0.4) is 0 Å². The van der Waals surface area contributed by atoms with Crippen molar-refractivity contribution in [2.45, 2.75) is 32.3 Å². The second-order valence-electron chi connectivity index (χ2n) is 5.48. The van der Waals surface area contributed by atoms with Gasteiger partial charge in [0.2, 0.25) is 0 Å². The minimum absolute atomic E-state index is 0.576. The van der Waals surface area contributed by atoms with Crippen LogP contribution in [0, 0.1) is 17.8 Å². The molecule has 2 aliphatic rings. The van der Waals surface area contributed by atoms with Crippen LogP contribution >= 0.6 is 0 Å². The highest BCUT2D eigenvalue weighted by Crippen LogP contribution is 2.42. The monoisotopic (exact) mass is 195 g/mol. The van der Waals surface area contributed by atoms with Gasteiger partial charge in [0.05, 0.1) is 5.60 Å². The second-order valence-corrected chi connectivity index (χ2v) is 5.48. The summed E-state index contributed by atoms with van der Waals surface area (Å²) < 4.78 is 0. The molecule has 0 saturated heterocycles. The van der Waals surface area contributed by atoms with E-state index in [1.54, 1.807) is 0 Å². The van der Waals surface area contributed by atoms with Crippen molar-refractivity contribution in [2.24, 2.45) is 17.8 Å². The fraction of sp³-hybridized carbons (Fsp3) is 0.833. The molecule has 2 nitrogen and oxygen atoms in total. The highest BCUT2D eigenvalue weighted by Gasteiger charge is 2.35. The smallest absolute Gasteiger partial charge is 0.0715 e. The van der Waals surface area contributed by atoms with Crippen LogP contribution in [-0.2, 0) is 0 Å². The van der Waals surface area contributed by atoms with Crippen LogP contribution in [0.25, 0.3) is 0 Å². The zero-order valence-electron chi connectivity index (χ0n) is 9.16. The van der Waals surface area contributed by atoms with Gasteiger partial charge < -0.3 is 10.4 Å². The van der Waals surface area contributed by atoms with Gasteiger partial charge in [0.1, 0.15) is 0 Å². The van der Waals surface area contributed by atoms with Crippen LogP contribution in [0.2, 0.25) is 0 Å². The van der Waals surface area contributed by atoms with Crippen molar-refractivity contribution < 1.29 is 5.11 Å². The molecule has 0 aliphatic heterocycles. The Morgan fingerprint density at radius 1 is 1.36 bits per heavy atom. The predicted octanol–water partition coefficient (Wildman–Crippen LogP) is 1.56. The molecule has 2 bridgehead atoms. The summed E-state index contributed by atoms with van der Waals surface area (Å²) in [7, 11) is 0. The number of aliphatic hydroxyl groups is 1. The third kappa shape index (κ3) is 2.37. The molecule has 0 unspecified atom stereocenters. The molecule has 1 saturated carbocycles. The first-order chi connectivity index (χ1) is 6.54. The summed E-state index contributed by atoms with van der Waals surface area (Å²) in [6.45, 7) is 5.46. The number of hydrogen-bond donors (Lipinski definition) is 2. The summed E-state index contributed by atoms with van der Waals surface area (Å²) in [5, 5.41) is 12.9. The minimum atomic E-state index is -0.576. The first-order valence-electron chi connectivity index (χ1n) is 5.66. The van der Waals surface area contributed by atoms with Gasteiger partial charge in [-0.25, -0.2) is 0 Å². The van der Waals surface area contributed by atoms with Crippen LogP contribution in [-0.4, -0.2) is 23.8 Å². The molecule has 2 heteroatoms. The Bertz CT molecular complexity index is 229. The molecule has 2 N–H and O–H groups in total.